The third-order valence-corrected chi connectivity index (χ3v) is 7.45. The second kappa shape index (κ2) is 18.3. The summed E-state index contributed by atoms with van der Waals surface area (Å²) in [5, 5.41) is 39.5. The van der Waals surface area contributed by atoms with Crippen LogP contribution < -0.4 is 0 Å². The number of unbranched alkanes of at least 4 members (excludes halogenated alkanes) is 8. The van der Waals surface area contributed by atoms with Crippen LogP contribution in [0.25, 0.3) is 0 Å². The summed E-state index contributed by atoms with van der Waals surface area (Å²) in [6.45, 7) is 4.86. The van der Waals surface area contributed by atoms with Crippen LogP contribution in [0.1, 0.15) is 143 Å². The van der Waals surface area contributed by atoms with Gasteiger partial charge in [0.1, 0.15) is 17.1 Å². The predicted octanol–water partition coefficient (Wildman–Crippen LogP) is 9.01. The molecule has 0 saturated carbocycles. The van der Waals surface area contributed by atoms with E-state index in [0.29, 0.717) is 30.1 Å². The molecule has 0 bridgehead atoms. The van der Waals surface area contributed by atoms with Gasteiger partial charge in [0.15, 0.2) is 0 Å². The zero-order valence-corrected chi connectivity index (χ0v) is 23.8. The first-order valence-corrected chi connectivity index (χ1v) is 14.8. The zero-order valence-electron chi connectivity index (χ0n) is 23.8. The quantitative estimate of drug-likeness (QED) is 0.115. The first kappa shape index (κ1) is 32.2. The van der Waals surface area contributed by atoms with Crippen molar-refractivity contribution in [2.45, 2.75) is 116 Å². The average Bonchev–Trinajstić information content (AvgIpc) is 2.93. The molecule has 2 aromatic carbocycles. The molecular formula is C33H47NO5. The number of benzene rings is 2. The van der Waals surface area contributed by atoms with Crippen molar-refractivity contribution >= 4 is 5.97 Å². The molecular weight excluding hydrogens is 490 g/mol. The third-order valence-electron chi connectivity index (χ3n) is 7.45. The molecule has 39 heavy (non-hydrogen) atoms. The van der Waals surface area contributed by atoms with Crippen LogP contribution in [0, 0.1) is 11.3 Å². The van der Waals surface area contributed by atoms with Gasteiger partial charge in [-0.05, 0) is 61.4 Å². The van der Waals surface area contributed by atoms with Gasteiger partial charge in [0, 0.05) is 12.2 Å². The molecule has 3 N–H and O–H groups in total. The fraction of sp³-hybridized carbons (Fsp3) is 0.576. The molecule has 0 fully saturated rings. The van der Waals surface area contributed by atoms with Crippen LogP contribution in [-0.2, 0) is 4.74 Å². The molecule has 2 rings (SSSR count). The monoisotopic (exact) mass is 537 g/mol. The molecule has 0 heterocycles. The van der Waals surface area contributed by atoms with E-state index in [9.17, 15) is 20.1 Å². The molecule has 6 nitrogen and oxygen atoms in total. The van der Waals surface area contributed by atoms with E-state index in [-0.39, 0.29) is 17.1 Å². The van der Waals surface area contributed by atoms with Gasteiger partial charge in [-0.15, -0.1) is 0 Å². The largest absolute Gasteiger partial charge is 0.508 e. The number of hydrogen-bond donors (Lipinski definition) is 3. The second-order valence-corrected chi connectivity index (χ2v) is 10.6. The van der Waals surface area contributed by atoms with Gasteiger partial charge in [0.25, 0.3) is 0 Å². The molecule has 214 valence electrons. The van der Waals surface area contributed by atoms with Crippen LogP contribution >= 0.6 is 0 Å². The van der Waals surface area contributed by atoms with Gasteiger partial charge in [-0.1, -0.05) is 90.2 Å². The molecule has 2 aromatic rings. The van der Waals surface area contributed by atoms with E-state index in [1.165, 1.54) is 50.2 Å². The molecule has 2 unspecified atom stereocenters. The molecule has 0 saturated heterocycles. The van der Waals surface area contributed by atoms with Crippen molar-refractivity contribution in [2.24, 2.45) is 0 Å². The lowest BCUT2D eigenvalue weighted by atomic mass is 9.88. The number of rotatable bonds is 20. The zero-order chi connectivity index (χ0) is 28.5. The minimum Gasteiger partial charge on any atom is -0.508 e. The van der Waals surface area contributed by atoms with Gasteiger partial charge in [-0.3, -0.25) is 0 Å². The fourth-order valence-corrected chi connectivity index (χ4v) is 5.17. The number of nitrogens with zero attached hydrogens (tertiary/aromatic N) is 1. The Hall–Kier alpha value is -3.04. The second-order valence-electron chi connectivity index (χ2n) is 10.6. The Balaban J connectivity index is 2.07. The van der Waals surface area contributed by atoms with Crippen molar-refractivity contribution in [3.05, 3.63) is 58.7 Å². The van der Waals surface area contributed by atoms with E-state index in [1.54, 1.807) is 0 Å². The number of nitriles is 1. The summed E-state index contributed by atoms with van der Waals surface area (Å²) in [5.74, 6) is -1.43. The van der Waals surface area contributed by atoms with Gasteiger partial charge >= 0.3 is 5.97 Å². The number of carboxylic acid groups (broad SMARTS) is 1. The van der Waals surface area contributed by atoms with E-state index in [4.69, 9.17) is 10.00 Å². The van der Waals surface area contributed by atoms with Crippen molar-refractivity contribution in [3.8, 4) is 17.6 Å². The Morgan fingerprint density at radius 3 is 2.03 bits per heavy atom. The Labute approximate surface area is 234 Å². The van der Waals surface area contributed by atoms with Gasteiger partial charge < -0.3 is 20.1 Å². The highest BCUT2D eigenvalue weighted by molar-refractivity contribution is 5.92. The van der Waals surface area contributed by atoms with Crippen molar-refractivity contribution in [1.82, 2.24) is 0 Å². The maximum Gasteiger partial charge on any atom is 0.339 e. The number of carboxylic acids is 1. The van der Waals surface area contributed by atoms with E-state index in [2.05, 4.69) is 32.0 Å². The smallest absolute Gasteiger partial charge is 0.339 e. The first-order chi connectivity index (χ1) is 18.9. The molecule has 0 aliphatic rings. The molecule has 0 aromatic heterocycles. The molecule has 6 heteroatoms. The van der Waals surface area contributed by atoms with Crippen LogP contribution in [0.15, 0.2) is 36.4 Å². The van der Waals surface area contributed by atoms with Crippen LogP contribution in [0.5, 0.6) is 11.5 Å². The molecule has 0 amide bonds. The van der Waals surface area contributed by atoms with Gasteiger partial charge in [-0.25, -0.2) is 4.79 Å². The van der Waals surface area contributed by atoms with Crippen LogP contribution in [0.3, 0.4) is 0 Å². The summed E-state index contributed by atoms with van der Waals surface area (Å²) < 4.78 is 6.28. The lowest BCUT2D eigenvalue weighted by Crippen LogP contribution is -2.10. The minimum absolute atomic E-state index is 0.191. The van der Waals surface area contributed by atoms with Gasteiger partial charge in [-0.2, -0.15) is 5.26 Å². The predicted molar refractivity (Wildman–Crippen MR) is 155 cm³/mol. The van der Waals surface area contributed by atoms with E-state index < -0.39 is 12.1 Å². The number of aromatic hydroxyl groups is 2. The fourth-order valence-electron chi connectivity index (χ4n) is 5.17. The maximum absolute atomic E-state index is 11.6. The van der Waals surface area contributed by atoms with Crippen LogP contribution in [-0.4, -0.2) is 27.9 Å². The maximum atomic E-state index is 11.6. The summed E-state index contributed by atoms with van der Waals surface area (Å²) in [7, 11) is 0. The van der Waals surface area contributed by atoms with E-state index in [0.717, 1.165) is 51.0 Å². The van der Waals surface area contributed by atoms with Crippen molar-refractivity contribution in [3.63, 3.8) is 0 Å². The number of ether oxygens (including phenoxy) is 1. The Morgan fingerprint density at radius 1 is 0.846 bits per heavy atom. The number of phenolic OH excluding ortho intramolecular Hbond substituents is 1. The highest BCUT2D eigenvalue weighted by Crippen LogP contribution is 2.37. The standard InChI is InChI=1S/C33H47NO5/c1-3-5-7-9-11-14-26(27-19-17-25(24-34)18-20-27)15-13-21-39-31(16-12-10-8-6-4-2)29-22-28(35)23-30(32(29)36)33(37)38/h17-20,22-23,26,31,35-36H,3-16,21H2,1-2H3,(H,37,38). The van der Waals surface area contributed by atoms with E-state index in [1.807, 2.05) is 12.1 Å². The highest BCUT2D eigenvalue weighted by Gasteiger charge is 2.23. The summed E-state index contributed by atoms with van der Waals surface area (Å²) >= 11 is 0. The molecule has 0 radical (unpaired) electrons. The normalized spacial score (nSPS) is 12.6. The molecule has 0 aliphatic heterocycles. The highest BCUT2D eigenvalue weighted by atomic mass is 16.5. The Kier molecular flexibility index (Phi) is 15.1. The number of hydrogen-bond acceptors (Lipinski definition) is 5. The lowest BCUT2D eigenvalue weighted by Gasteiger charge is -2.22. The molecule has 0 aliphatic carbocycles. The van der Waals surface area contributed by atoms with Crippen LogP contribution in [0.2, 0.25) is 0 Å². The summed E-state index contributed by atoms with van der Waals surface area (Å²) in [6.07, 6.45) is 14.5. The number of carbonyl (C=O) groups is 1. The van der Waals surface area contributed by atoms with Crippen molar-refractivity contribution < 1.29 is 24.9 Å². The third kappa shape index (κ3) is 11.3. The molecule has 0 spiro atoms. The Morgan fingerprint density at radius 2 is 1.44 bits per heavy atom. The molecule has 2 atom stereocenters. The summed E-state index contributed by atoms with van der Waals surface area (Å²) in [6, 6.07) is 12.6. The van der Waals surface area contributed by atoms with Crippen LogP contribution in [0.4, 0.5) is 0 Å². The average molecular weight is 538 g/mol. The topological polar surface area (TPSA) is 111 Å². The van der Waals surface area contributed by atoms with E-state index >= 15 is 0 Å². The Bertz CT molecular complexity index is 1030. The van der Waals surface area contributed by atoms with Crippen molar-refractivity contribution in [2.75, 3.05) is 6.61 Å². The minimum atomic E-state index is -1.28. The summed E-state index contributed by atoms with van der Waals surface area (Å²) in [4.78, 5) is 11.6. The summed E-state index contributed by atoms with van der Waals surface area (Å²) in [5.41, 5.74) is 1.93. The van der Waals surface area contributed by atoms with Crippen molar-refractivity contribution in [1.29, 1.82) is 5.26 Å². The number of phenols is 2. The van der Waals surface area contributed by atoms with Gasteiger partial charge in [0.2, 0.25) is 0 Å². The SMILES string of the molecule is CCCCCCCC(CCCOC(CCCCCCC)c1cc(O)cc(C(=O)O)c1O)c1ccc(C#N)cc1. The number of aromatic carboxylic acids is 1. The first-order valence-electron chi connectivity index (χ1n) is 14.8. The lowest BCUT2D eigenvalue weighted by molar-refractivity contribution is 0.0396. The van der Waals surface area contributed by atoms with Gasteiger partial charge in [0.05, 0.1) is 17.7 Å².